The molecule has 112 valence electrons. The summed E-state index contributed by atoms with van der Waals surface area (Å²) in [5.41, 5.74) is 0.804. The first-order valence-electron chi connectivity index (χ1n) is 6.49. The molecule has 0 saturated heterocycles. The van der Waals surface area contributed by atoms with E-state index in [0.717, 1.165) is 6.54 Å². The number of aromatic nitrogens is 2. The zero-order chi connectivity index (χ0) is 15.2. The number of rotatable bonds is 6. The molecule has 0 radical (unpaired) electrons. The van der Waals surface area contributed by atoms with E-state index >= 15 is 0 Å². The lowest BCUT2D eigenvalue weighted by atomic mass is 10.2. The van der Waals surface area contributed by atoms with Crippen LogP contribution in [0.4, 0.5) is 10.1 Å². The van der Waals surface area contributed by atoms with Crippen LogP contribution in [-0.2, 0) is 6.54 Å². The number of anilines is 1. The molecule has 0 aliphatic rings. The van der Waals surface area contributed by atoms with E-state index in [0.29, 0.717) is 22.3 Å². The second-order valence-electron chi connectivity index (χ2n) is 4.51. The summed E-state index contributed by atoms with van der Waals surface area (Å²) >= 11 is 3.20. The average molecular weight is 355 g/mol. The first-order chi connectivity index (χ1) is 10.1. The van der Waals surface area contributed by atoms with Gasteiger partial charge in [-0.15, -0.1) is 0 Å². The fraction of sp³-hybridized carbons (Fsp3) is 0.286. The first kappa shape index (κ1) is 15.7. The van der Waals surface area contributed by atoms with Gasteiger partial charge < -0.3 is 10.6 Å². The summed E-state index contributed by atoms with van der Waals surface area (Å²) in [5, 5.41) is 10.1. The predicted octanol–water partition coefficient (Wildman–Crippen LogP) is 1.82. The molecule has 1 aromatic heterocycles. The molecule has 0 amide bonds. The third-order valence-corrected chi connectivity index (χ3v) is 3.40. The first-order valence-corrected chi connectivity index (χ1v) is 7.29. The van der Waals surface area contributed by atoms with Gasteiger partial charge in [0.1, 0.15) is 5.82 Å². The van der Waals surface area contributed by atoms with Crippen LogP contribution in [0.1, 0.15) is 5.56 Å². The Morgan fingerprint density at radius 3 is 2.81 bits per heavy atom. The molecule has 1 heterocycles. The van der Waals surface area contributed by atoms with Crippen molar-refractivity contribution < 1.29 is 4.39 Å². The molecular formula is C14H16BrFN4O. The van der Waals surface area contributed by atoms with E-state index in [-0.39, 0.29) is 17.9 Å². The predicted molar refractivity (Wildman–Crippen MR) is 84.1 cm³/mol. The maximum absolute atomic E-state index is 13.8. The Morgan fingerprint density at radius 1 is 1.33 bits per heavy atom. The molecule has 0 spiro atoms. The van der Waals surface area contributed by atoms with Crippen molar-refractivity contribution in [3.63, 3.8) is 0 Å². The van der Waals surface area contributed by atoms with Crippen molar-refractivity contribution >= 4 is 21.6 Å². The van der Waals surface area contributed by atoms with Crippen molar-refractivity contribution in [3.05, 3.63) is 56.7 Å². The van der Waals surface area contributed by atoms with Gasteiger partial charge in [-0.2, -0.15) is 5.10 Å². The van der Waals surface area contributed by atoms with E-state index in [2.05, 4.69) is 31.7 Å². The van der Waals surface area contributed by atoms with Crippen molar-refractivity contribution in [2.45, 2.75) is 6.54 Å². The van der Waals surface area contributed by atoms with Crippen molar-refractivity contribution in [2.24, 2.45) is 0 Å². The van der Waals surface area contributed by atoms with Crippen LogP contribution in [0.3, 0.4) is 0 Å². The van der Waals surface area contributed by atoms with Gasteiger partial charge in [0, 0.05) is 29.2 Å². The molecular weight excluding hydrogens is 339 g/mol. The van der Waals surface area contributed by atoms with Gasteiger partial charge in [0.25, 0.3) is 5.56 Å². The zero-order valence-corrected chi connectivity index (χ0v) is 13.2. The largest absolute Gasteiger partial charge is 0.382 e. The van der Waals surface area contributed by atoms with Crippen LogP contribution in [-0.4, -0.2) is 29.9 Å². The Morgan fingerprint density at radius 2 is 2.14 bits per heavy atom. The molecule has 0 bridgehead atoms. The number of halogens is 2. The van der Waals surface area contributed by atoms with E-state index in [4.69, 9.17) is 0 Å². The standard InChI is InChI=1S/C14H16BrFN4O/c1-17-4-5-18-12-7-14(21)20(19-8-12)9-10-2-3-11(15)6-13(10)16/h2-3,6-8,17-18H,4-5,9H2,1H3. The van der Waals surface area contributed by atoms with Gasteiger partial charge in [-0.25, -0.2) is 9.07 Å². The summed E-state index contributed by atoms with van der Waals surface area (Å²) in [4.78, 5) is 12.0. The Kier molecular flexibility index (Phi) is 5.46. The van der Waals surface area contributed by atoms with E-state index in [1.54, 1.807) is 18.3 Å². The van der Waals surface area contributed by atoms with Crippen molar-refractivity contribution in [1.29, 1.82) is 0 Å². The van der Waals surface area contributed by atoms with Gasteiger partial charge >= 0.3 is 0 Å². The molecule has 2 rings (SSSR count). The Bertz CT molecular complexity index is 674. The molecule has 0 saturated carbocycles. The summed E-state index contributed by atoms with van der Waals surface area (Å²) in [5.74, 6) is -0.366. The molecule has 0 atom stereocenters. The summed E-state index contributed by atoms with van der Waals surface area (Å²) in [6.07, 6.45) is 1.56. The van der Waals surface area contributed by atoms with Gasteiger partial charge in [-0.1, -0.05) is 22.0 Å². The maximum Gasteiger partial charge on any atom is 0.269 e. The average Bonchev–Trinajstić information content (AvgIpc) is 2.44. The molecule has 2 aromatic rings. The lowest BCUT2D eigenvalue weighted by Gasteiger charge is -2.08. The third kappa shape index (κ3) is 4.37. The maximum atomic E-state index is 13.8. The molecule has 0 unspecified atom stereocenters. The smallest absolute Gasteiger partial charge is 0.269 e. The van der Waals surface area contributed by atoms with E-state index in [1.807, 2.05) is 7.05 Å². The molecule has 2 N–H and O–H groups in total. The van der Waals surface area contributed by atoms with Crippen LogP contribution in [0.25, 0.3) is 0 Å². The normalized spacial score (nSPS) is 10.6. The fourth-order valence-corrected chi connectivity index (χ4v) is 2.13. The fourth-order valence-electron chi connectivity index (χ4n) is 1.79. The Hall–Kier alpha value is -1.73. The monoisotopic (exact) mass is 354 g/mol. The Balaban J connectivity index is 2.12. The minimum Gasteiger partial charge on any atom is -0.382 e. The minimum atomic E-state index is -0.366. The third-order valence-electron chi connectivity index (χ3n) is 2.91. The lowest BCUT2D eigenvalue weighted by Crippen LogP contribution is -2.24. The second-order valence-corrected chi connectivity index (χ2v) is 5.42. The van der Waals surface area contributed by atoms with Crippen LogP contribution in [0.2, 0.25) is 0 Å². The number of hydrogen-bond donors (Lipinski definition) is 2. The van der Waals surface area contributed by atoms with Crippen LogP contribution in [0.15, 0.2) is 39.7 Å². The van der Waals surface area contributed by atoms with Crippen LogP contribution in [0, 0.1) is 5.82 Å². The summed E-state index contributed by atoms with van der Waals surface area (Å²) in [6.45, 7) is 1.59. The molecule has 21 heavy (non-hydrogen) atoms. The zero-order valence-electron chi connectivity index (χ0n) is 11.6. The van der Waals surface area contributed by atoms with Crippen LogP contribution in [0.5, 0.6) is 0 Å². The SMILES string of the molecule is CNCCNc1cnn(Cc2ccc(Br)cc2F)c(=O)c1. The number of nitrogens with zero attached hydrogens (tertiary/aromatic N) is 2. The lowest BCUT2D eigenvalue weighted by molar-refractivity contribution is 0.572. The van der Waals surface area contributed by atoms with Crippen molar-refractivity contribution in [3.8, 4) is 0 Å². The highest BCUT2D eigenvalue weighted by atomic mass is 79.9. The highest BCUT2D eigenvalue weighted by Gasteiger charge is 2.06. The van der Waals surface area contributed by atoms with Gasteiger partial charge in [-0.05, 0) is 19.2 Å². The molecule has 0 aliphatic heterocycles. The number of benzene rings is 1. The second kappa shape index (κ2) is 7.33. The number of nitrogens with one attached hydrogen (secondary N) is 2. The van der Waals surface area contributed by atoms with Gasteiger partial charge in [0.15, 0.2) is 0 Å². The molecule has 7 heteroatoms. The van der Waals surface area contributed by atoms with Crippen molar-refractivity contribution in [1.82, 2.24) is 15.1 Å². The quantitative estimate of drug-likeness (QED) is 0.777. The topological polar surface area (TPSA) is 59.0 Å². The molecule has 0 fully saturated rings. The minimum absolute atomic E-state index is 0.106. The van der Waals surface area contributed by atoms with Gasteiger partial charge in [0.2, 0.25) is 0 Å². The van der Waals surface area contributed by atoms with E-state index in [1.165, 1.54) is 16.8 Å². The molecule has 1 aromatic carbocycles. The van der Waals surface area contributed by atoms with E-state index in [9.17, 15) is 9.18 Å². The molecule has 5 nitrogen and oxygen atoms in total. The number of hydrogen-bond acceptors (Lipinski definition) is 4. The summed E-state index contributed by atoms with van der Waals surface area (Å²) in [6, 6.07) is 6.19. The molecule has 0 aliphatic carbocycles. The van der Waals surface area contributed by atoms with E-state index < -0.39 is 0 Å². The number of likely N-dealkylation sites (N-methyl/N-ethyl adjacent to an activating group) is 1. The van der Waals surface area contributed by atoms with Crippen molar-refractivity contribution in [2.75, 3.05) is 25.5 Å². The highest BCUT2D eigenvalue weighted by molar-refractivity contribution is 9.10. The van der Waals surface area contributed by atoms with Crippen LogP contribution < -0.4 is 16.2 Å². The Labute approximate surface area is 130 Å². The van der Waals surface area contributed by atoms with Gasteiger partial charge in [0.05, 0.1) is 18.4 Å². The van der Waals surface area contributed by atoms with Gasteiger partial charge in [-0.3, -0.25) is 4.79 Å². The summed E-state index contributed by atoms with van der Waals surface area (Å²) in [7, 11) is 1.85. The highest BCUT2D eigenvalue weighted by Crippen LogP contribution is 2.15. The van der Waals surface area contributed by atoms with Crippen LogP contribution >= 0.6 is 15.9 Å². The summed E-state index contributed by atoms with van der Waals surface area (Å²) < 4.78 is 15.7.